The highest BCUT2D eigenvalue weighted by Gasteiger charge is 2.30. The number of hydrogen-bond acceptors (Lipinski definition) is 3. The number of likely N-dealkylation sites (tertiary alicyclic amines) is 1. The van der Waals surface area contributed by atoms with Gasteiger partial charge in [-0.1, -0.05) is 19.1 Å². The van der Waals surface area contributed by atoms with Crippen LogP contribution in [0.4, 0.5) is 4.39 Å². The Labute approximate surface area is 142 Å². The minimum Gasteiger partial charge on any atom is -0.338 e. The number of nitrogens with one attached hydrogen (secondary N) is 1. The highest BCUT2D eigenvalue weighted by atomic mass is 35.5. The summed E-state index contributed by atoms with van der Waals surface area (Å²) in [5.74, 6) is -1.05. The number of amides is 1. The van der Waals surface area contributed by atoms with Crippen molar-refractivity contribution in [1.82, 2.24) is 10.2 Å². The lowest BCUT2D eigenvalue weighted by Gasteiger charge is -2.25. The Morgan fingerprint density at radius 3 is 2.83 bits per heavy atom. The largest absolute Gasteiger partial charge is 0.338 e. The number of carbonyl (C=O) groups is 2. The van der Waals surface area contributed by atoms with Gasteiger partial charge in [0.25, 0.3) is 0 Å². The maximum absolute atomic E-state index is 13.2. The molecule has 1 aromatic carbocycles. The highest BCUT2D eigenvalue weighted by molar-refractivity contribution is 5.99. The van der Waals surface area contributed by atoms with Gasteiger partial charge < -0.3 is 10.2 Å². The molecule has 1 aromatic rings. The van der Waals surface area contributed by atoms with Gasteiger partial charge in [0.05, 0.1) is 0 Å². The first-order valence-corrected chi connectivity index (χ1v) is 7.76. The molecule has 2 atom stereocenters. The smallest absolute Gasteiger partial charge is 0.223 e. The summed E-state index contributed by atoms with van der Waals surface area (Å²) in [7, 11) is 1.87. The van der Waals surface area contributed by atoms with E-state index in [1.807, 2.05) is 11.9 Å². The molecule has 1 heterocycles. The van der Waals surface area contributed by atoms with Gasteiger partial charge in [-0.3, -0.25) is 9.59 Å². The normalized spacial score (nSPS) is 18.4. The lowest BCUT2D eigenvalue weighted by atomic mass is 9.95. The molecule has 0 aromatic heterocycles. The van der Waals surface area contributed by atoms with Gasteiger partial charge >= 0.3 is 0 Å². The third-order valence-corrected chi connectivity index (χ3v) is 4.17. The summed E-state index contributed by atoms with van der Waals surface area (Å²) in [6.07, 6.45) is 2.18. The fourth-order valence-corrected chi connectivity index (χ4v) is 3.01. The SMILES string of the molecule is CNCC1CCCN1C(=O)CC(C)C(=O)c1cccc(F)c1.Cl. The van der Waals surface area contributed by atoms with Crippen LogP contribution in [0, 0.1) is 11.7 Å². The summed E-state index contributed by atoms with van der Waals surface area (Å²) in [5, 5.41) is 3.10. The van der Waals surface area contributed by atoms with Crippen molar-refractivity contribution in [3.8, 4) is 0 Å². The summed E-state index contributed by atoms with van der Waals surface area (Å²) < 4.78 is 13.2. The molecular formula is C17H24ClFN2O2. The number of hydrogen-bond donors (Lipinski definition) is 1. The summed E-state index contributed by atoms with van der Waals surface area (Å²) in [5.41, 5.74) is 0.327. The Morgan fingerprint density at radius 2 is 2.17 bits per heavy atom. The van der Waals surface area contributed by atoms with Gasteiger partial charge in [0.2, 0.25) is 5.91 Å². The van der Waals surface area contributed by atoms with Gasteiger partial charge in [-0.15, -0.1) is 12.4 Å². The van der Waals surface area contributed by atoms with E-state index in [0.717, 1.165) is 25.9 Å². The van der Waals surface area contributed by atoms with E-state index in [9.17, 15) is 14.0 Å². The minimum absolute atomic E-state index is 0. The van der Waals surface area contributed by atoms with Crippen molar-refractivity contribution in [2.75, 3.05) is 20.1 Å². The number of benzene rings is 1. The van der Waals surface area contributed by atoms with Crippen molar-refractivity contribution < 1.29 is 14.0 Å². The third kappa shape index (κ3) is 5.01. The number of halogens is 2. The van der Waals surface area contributed by atoms with Crippen LogP contribution in [0.5, 0.6) is 0 Å². The Kier molecular flexibility index (Phi) is 7.65. The second-order valence-electron chi connectivity index (χ2n) is 5.92. The molecule has 2 rings (SSSR count). The average Bonchev–Trinajstić information content (AvgIpc) is 2.95. The Hall–Kier alpha value is -1.46. The van der Waals surface area contributed by atoms with E-state index in [0.29, 0.717) is 5.56 Å². The summed E-state index contributed by atoms with van der Waals surface area (Å²) >= 11 is 0. The maximum Gasteiger partial charge on any atom is 0.223 e. The monoisotopic (exact) mass is 342 g/mol. The first kappa shape index (κ1) is 19.6. The van der Waals surface area contributed by atoms with Crippen molar-refractivity contribution in [3.05, 3.63) is 35.6 Å². The molecule has 1 N–H and O–H groups in total. The topological polar surface area (TPSA) is 49.4 Å². The van der Waals surface area contributed by atoms with E-state index in [1.54, 1.807) is 13.0 Å². The summed E-state index contributed by atoms with van der Waals surface area (Å²) in [6.45, 7) is 3.26. The Bertz CT molecular complexity index is 553. The molecule has 1 amide bonds. The quantitative estimate of drug-likeness (QED) is 0.809. The number of ketones is 1. The zero-order valence-corrected chi connectivity index (χ0v) is 14.4. The fourth-order valence-electron chi connectivity index (χ4n) is 3.01. The van der Waals surface area contributed by atoms with Gasteiger partial charge in [-0.25, -0.2) is 4.39 Å². The molecule has 0 radical (unpaired) electrons. The zero-order chi connectivity index (χ0) is 16.1. The fraction of sp³-hybridized carbons (Fsp3) is 0.529. The second-order valence-corrected chi connectivity index (χ2v) is 5.92. The van der Waals surface area contributed by atoms with E-state index in [-0.39, 0.29) is 36.6 Å². The third-order valence-electron chi connectivity index (χ3n) is 4.17. The van der Waals surface area contributed by atoms with Crippen LogP contribution in [0.2, 0.25) is 0 Å². The van der Waals surface area contributed by atoms with E-state index in [1.165, 1.54) is 18.2 Å². The van der Waals surface area contributed by atoms with Crippen LogP contribution >= 0.6 is 12.4 Å². The molecule has 6 heteroatoms. The van der Waals surface area contributed by atoms with Crippen LogP contribution in [0.1, 0.15) is 36.5 Å². The zero-order valence-electron chi connectivity index (χ0n) is 13.5. The van der Waals surface area contributed by atoms with Gasteiger partial charge in [-0.2, -0.15) is 0 Å². The molecule has 0 bridgehead atoms. The molecule has 1 saturated heterocycles. The lowest BCUT2D eigenvalue weighted by molar-refractivity contribution is -0.132. The van der Waals surface area contributed by atoms with Crippen molar-refractivity contribution in [2.45, 2.75) is 32.2 Å². The van der Waals surface area contributed by atoms with Gasteiger partial charge in [0.1, 0.15) is 5.82 Å². The number of rotatable bonds is 6. The summed E-state index contributed by atoms with van der Waals surface area (Å²) in [6, 6.07) is 5.85. The van der Waals surface area contributed by atoms with Crippen LogP contribution in [-0.2, 0) is 4.79 Å². The van der Waals surface area contributed by atoms with Crippen LogP contribution in [-0.4, -0.2) is 42.8 Å². The molecule has 0 saturated carbocycles. The summed E-state index contributed by atoms with van der Waals surface area (Å²) in [4.78, 5) is 26.6. The minimum atomic E-state index is -0.440. The molecular weight excluding hydrogens is 319 g/mol. The lowest BCUT2D eigenvalue weighted by Crippen LogP contribution is -2.41. The van der Waals surface area contributed by atoms with Crippen molar-refractivity contribution in [1.29, 1.82) is 0 Å². The van der Waals surface area contributed by atoms with Crippen LogP contribution in [0.25, 0.3) is 0 Å². The predicted molar refractivity (Wildman–Crippen MR) is 90.4 cm³/mol. The Balaban J connectivity index is 0.00000264. The van der Waals surface area contributed by atoms with Crippen molar-refractivity contribution >= 4 is 24.1 Å². The molecule has 23 heavy (non-hydrogen) atoms. The van der Waals surface area contributed by atoms with E-state index in [2.05, 4.69) is 5.32 Å². The molecule has 128 valence electrons. The van der Waals surface area contributed by atoms with Crippen LogP contribution in [0.15, 0.2) is 24.3 Å². The molecule has 0 spiro atoms. The van der Waals surface area contributed by atoms with Crippen LogP contribution in [0.3, 0.4) is 0 Å². The van der Waals surface area contributed by atoms with E-state index < -0.39 is 11.7 Å². The number of nitrogens with zero attached hydrogens (tertiary/aromatic N) is 1. The molecule has 1 aliphatic rings. The number of likely N-dealkylation sites (N-methyl/N-ethyl adjacent to an activating group) is 1. The predicted octanol–water partition coefficient (Wildman–Crippen LogP) is 2.67. The van der Waals surface area contributed by atoms with E-state index in [4.69, 9.17) is 0 Å². The molecule has 2 unspecified atom stereocenters. The first-order chi connectivity index (χ1) is 10.5. The average molecular weight is 343 g/mol. The van der Waals surface area contributed by atoms with Crippen molar-refractivity contribution in [2.24, 2.45) is 5.92 Å². The number of Topliss-reactive ketones (excluding diaryl/α,β-unsaturated/α-hetero) is 1. The molecule has 4 nitrogen and oxygen atoms in total. The Morgan fingerprint density at radius 1 is 1.43 bits per heavy atom. The number of carbonyl (C=O) groups excluding carboxylic acids is 2. The molecule has 0 aliphatic carbocycles. The maximum atomic E-state index is 13.2. The first-order valence-electron chi connectivity index (χ1n) is 7.76. The van der Waals surface area contributed by atoms with Gasteiger partial charge in [-0.05, 0) is 32.0 Å². The second kappa shape index (κ2) is 8.99. The molecule has 1 aliphatic heterocycles. The molecule has 1 fully saturated rings. The standard InChI is InChI=1S/C17H23FN2O2.ClH/c1-12(17(22)13-5-3-6-14(18)10-13)9-16(21)20-8-4-7-15(20)11-19-2;/h3,5-6,10,12,15,19H,4,7-9,11H2,1-2H3;1H. The van der Waals surface area contributed by atoms with Gasteiger partial charge in [0.15, 0.2) is 5.78 Å². The highest BCUT2D eigenvalue weighted by Crippen LogP contribution is 2.21. The van der Waals surface area contributed by atoms with Crippen molar-refractivity contribution in [3.63, 3.8) is 0 Å². The van der Waals surface area contributed by atoms with Crippen LogP contribution < -0.4 is 5.32 Å². The van der Waals surface area contributed by atoms with E-state index >= 15 is 0 Å². The van der Waals surface area contributed by atoms with Gasteiger partial charge in [0, 0.05) is 37.0 Å².